The third-order valence-electron chi connectivity index (χ3n) is 3.88. The standard InChI is InChI=1S/C17H17F3N4.C5H7NOS/c1-21-13-9-7-12(8-10-13)11-23-16(24-22-2)14-5-3-4-6-15(14)17(18,19)20;1-6-5(3-7)4-8-2/h3-10,21H,2,11H2,1H3,(H,23,24);3-4H,1H2,2H3/b;5-4-. The first-order valence-corrected chi connectivity index (χ1v) is 10.4. The molecule has 0 bridgehead atoms. The maximum Gasteiger partial charge on any atom is 0.417 e. The van der Waals surface area contributed by atoms with Crippen LogP contribution in [0.15, 0.2) is 74.7 Å². The Kier molecular flexibility index (Phi) is 11.5. The van der Waals surface area contributed by atoms with Crippen LogP contribution >= 0.6 is 11.8 Å². The quantitative estimate of drug-likeness (QED) is 0.190. The van der Waals surface area contributed by atoms with Gasteiger partial charge in [-0.05, 0) is 42.1 Å². The second kappa shape index (κ2) is 13.8. The Morgan fingerprint density at radius 3 is 2.25 bits per heavy atom. The molecular weight excluding hydrogens is 439 g/mol. The third kappa shape index (κ3) is 8.76. The molecule has 0 amide bonds. The summed E-state index contributed by atoms with van der Waals surface area (Å²) >= 11 is 1.43. The van der Waals surface area contributed by atoms with E-state index < -0.39 is 11.7 Å². The first-order valence-electron chi connectivity index (χ1n) is 9.15. The van der Waals surface area contributed by atoms with Crippen molar-refractivity contribution in [1.29, 1.82) is 0 Å². The summed E-state index contributed by atoms with van der Waals surface area (Å²) in [6.07, 6.45) is -1.95. The van der Waals surface area contributed by atoms with Crippen LogP contribution in [-0.4, -0.2) is 38.9 Å². The Balaban J connectivity index is 0.000000547. The molecule has 32 heavy (non-hydrogen) atoms. The van der Waals surface area contributed by atoms with Crippen LogP contribution in [0.2, 0.25) is 0 Å². The van der Waals surface area contributed by atoms with E-state index in [1.807, 2.05) is 30.5 Å². The number of amidine groups is 1. The SMILES string of the molecule is C=N/C(C=O)=C\SC.C=NNC(=NCc1ccc(NC)cc1)c1ccccc1C(F)(F)F. The summed E-state index contributed by atoms with van der Waals surface area (Å²) in [4.78, 5) is 17.6. The Bertz CT molecular complexity index is 947. The average Bonchev–Trinajstić information content (AvgIpc) is 2.80. The molecule has 0 fully saturated rings. The van der Waals surface area contributed by atoms with E-state index in [0.717, 1.165) is 17.3 Å². The molecule has 170 valence electrons. The number of aldehydes is 1. The predicted molar refractivity (Wildman–Crippen MR) is 128 cm³/mol. The van der Waals surface area contributed by atoms with Crippen molar-refractivity contribution in [3.8, 4) is 0 Å². The van der Waals surface area contributed by atoms with Gasteiger partial charge in [-0.1, -0.05) is 30.3 Å². The fraction of sp³-hybridized carbons (Fsp3) is 0.182. The summed E-state index contributed by atoms with van der Waals surface area (Å²) in [5.74, 6) is 0.0237. The Morgan fingerprint density at radius 2 is 1.78 bits per heavy atom. The van der Waals surface area contributed by atoms with Crippen molar-refractivity contribution in [2.24, 2.45) is 15.1 Å². The van der Waals surface area contributed by atoms with Gasteiger partial charge in [-0.3, -0.25) is 20.2 Å². The van der Waals surface area contributed by atoms with Crippen molar-refractivity contribution >= 4 is 43.0 Å². The molecule has 2 aromatic rings. The Labute approximate surface area is 189 Å². The number of aliphatic imine (C=N–C) groups is 2. The van der Waals surface area contributed by atoms with Gasteiger partial charge in [-0.25, -0.2) is 0 Å². The van der Waals surface area contributed by atoms with Crippen molar-refractivity contribution < 1.29 is 18.0 Å². The molecule has 10 heteroatoms. The van der Waals surface area contributed by atoms with E-state index in [4.69, 9.17) is 0 Å². The van der Waals surface area contributed by atoms with Gasteiger partial charge in [-0.2, -0.15) is 18.3 Å². The second-order valence-electron chi connectivity index (χ2n) is 5.98. The van der Waals surface area contributed by atoms with E-state index in [2.05, 4.69) is 39.3 Å². The molecule has 6 nitrogen and oxygen atoms in total. The molecule has 0 aliphatic heterocycles. The van der Waals surface area contributed by atoms with E-state index in [0.29, 0.717) is 12.0 Å². The van der Waals surface area contributed by atoms with Gasteiger partial charge in [0.2, 0.25) is 0 Å². The van der Waals surface area contributed by atoms with Gasteiger partial charge in [0.25, 0.3) is 0 Å². The van der Waals surface area contributed by atoms with E-state index in [1.165, 1.54) is 30.0 Å². The molecule has 0 heterocycles. The number of hydrogen-bond donors (Lipinski definition) is 2. The largest absolute Gasteiger partial charge is 0.417 e. The Hall–Kier alpha value is -3.40. The van der Waals surface area contributed by atoms with E-state index >= 15 is 0 Å². The fourth-order valence-electron chi connectivity index (χ4n) is 2.36. The van der Waals surface area contributed by atoms with Gasteiger partial charge < -0.3 is 5.32 Å². The van der Waals surface area contributed by atoms with Crippen molar-refractivity contribution in [3.05, 3.63) is 76.3 Å². The van der Waals surface area contributed by atoms with Crippen LogP contribution in [0.5, 0.6) is 0 Å². The molecule has 0 aromatic heterocycles. The minimum atomic E-state index is -4.48. The molecule has 0 saturated carbocycles. The molecule has 0 spiro atoms. The number of hydrogen-bond acceptors (Lipinski definition) is 6. The van der Waals surface area contributed by atoms with Gasteiger partial charge in [0, 0.05) is 25.0 Å². The van der Waals surface area contributed by atoms with Crippen LogP contribution < -0.4 is 10.7 Å². The zero-order valence-electron chi connectivity index (χ0n) is 17.7. The van der Waals surface area contributed by atoms with Gasteiger partial charge in [0.05, 0.1) is 12.1 Å². The number of carbonyl (C=O) groups is 1. The number of thioether (sulfide) groups is 1. The van der Waals surface area contributed by atoms with Crippen molar-refractivity contribution in [3.63, 3.8) is 0 Å². The van der Waals surface area contributed by atoms with Crippen LogP contribution in [-0.2, 0) is 17.5 Å². The molecule has 0 saturated heterocycles. The maximum absolute atomic E-state index is 13.2. The lowest BCUT2D eigenvalue weighted by atomic mass is 10.1. The van der Waals surface area contributed by atoms with E-state index in [-0.39, 0.29) is 17.9 Å². The summed E-state index contributed by atoms with van der Waals surface area (Å²) < 4.78 is 39.5. The molecule has 0 atom stereocenters. The van der Waals surface area contributed by atoms with Crippen molar-refractivity contribution in [2.75, 3.05) is 18.6 Å². The molecule has 0 unspecified atom stereocenters. The number of carbonyl (C=O) groups excluding carboxylic acids is 1. The minimum Gasteiger partial charge on any atom is -0.388 e. The highest BCUT2D eigenvalue weighted by Gasteiger charge is 2.34. The minimum absolute atomic E-state index is 0.0237. The normalized spacial score (nSPS) is 11.7. The first-order chi connectivity index (χ1) is 15.3. The molecule has 0 radical (unpaired) electrons. The summed E-state index contributed by atoms with van der Waals surface area (Å²) in [6, 6.07) is 12.7. The van der Waals surface area contributed by atoms with Crippen molar-refractivity contribution in [2.45, 2.75) is 12.7 Å². The first kappa shape index (κ1) is 26.6. The topological polar surface area (TPSA) is 78.2 Å². The monoisotopic (exact) mass is 463 g/mol. The number of rotatable bonds is 8. The summed E-state index contributed by atoms with van der Waals surface area (Å²) in [5, 5.41) is 8.10. The maximum atomic E-state index is 13.2. The molecule has 2 rings (SSSR count). The number of halogens is 3. The summed E-state index contributed by atoms with van der Waals surface area (Å²) in [6.45, 7) is 6.67. The highest BCUT2D eigenvalue weighted by Crippen LogP contribution is 2.32. The number of alkyl halides is 3. The molecular formula is C22H24F3N5OS. The second-order valence-corrected chi connectivity index (χ2v) is 6.69. The molecule has 0 aliphatic carbocycles. The van der Waals surface area contributed by atoms with E-state index in [1.54, 1.807) is 12.5 Å². The van der Waals surface area contributed by atoms with Gasteiger partial charge in [0.15, 0.2) is 6.29 Å². The highest BCUT2D eigenvalue weighted by atomic mass is 32.2. The summed E-state index contributed by atoms with van der Waals surface area (Å²) in [5.41, 5.74) is 3.81. The number of hydrazone groups is 1. The van der Waals surface area contributed by atoms with Gasteiger partial charge in [0.1, 0.15) is 11.5 Å². The van der Waals surface area contributed by atoms with Gasteiger partial charge in [-0.15, -0.1) is 11.8 Å². The number of nitrogens with zero attached hydrogens (tertiary/aromatic N) is 3. The van der Waals surface area contributed by atoms with Gasteiger partial charge >= 0.3 is 6.18 Å². The Morgan fingerprint density at radius 1 is 1.12 bits per heavy atom. The molecule has 2 N–H and O–H groups in total. The van der Waals surface area contributed by atoms with Crippen LogP contribution in [0.1, 0.15) is 16.7 Å². The number of nitrogens with one attached hydrogen (secondary N) is 2. The number of anilines is 1. The van der Waals surface area contributed by atoms with Crippen LogP contribution in [0.25, 0.3) is 0 Å². The summed E-state index contributed by atoms with van der Waals surface area (Å²) in [7, 11) is 1.80. The van der Waals surface area contributed by atoms with E-state index in [9.17, 15) is 18.0 Å². The highest BCUT2D eigenvalue weighted by molar-refractivity contribution is 8.01. The van der Waals surface area contributed by atoms with Crippen LogP contribution in [0, 0.1) is 0 Å². The zero-order chi connectivity index (χ0) is 24.0. The molecule has 2 aromatic carbocycles. The number of allylic oxidation sites excluding steroid dienone is 1. The predicted octanol–water partition coefficient (Wildman–Crippen LogP) is 4.99. The lowest BCUT2D eigenvalue weighted by Crippen LogP contribution is -2.23. The third-order valence-corrected chi connectivity index (χ3v) is 4.35. The van der Waals surface area contributed by atoms with Crippen molar-refractivity contribution in [1.82, 2.24) is 5.43 Å². The number of benzene rings is 2. The lowest BCUT2D eigenvalue weighted by molar-refractivity contribution is -0.137. The lowest BCUT2D eigenvalue weighted by Gasteiger charge is -2.14. The smallest absolute Gasteiger partial charge is 0.388 e. The molecule has 0 aliphatic rings. The average molecular weight is 464 g/mol. The fourth-order valence-corrected chi connectivity index (χ4v) is 2.73. The van der Waals surface area contributed by atoms with Crippen LogP contribution in [0.3, 0.4) is 0 Å². The van der Waals surface area contributed by atoms with Crippen LogP contribution in [0.4, 0.5) is 18.9 Å². The zero-order valence-corrected chi connectivity index (χ0v) is 18.5.